The number of nitrogens with one attached hydrogen (secondary N) is 1. The number of carbonyl (C=O) groups excluding carboxylic acids is 9. The molecule has 0 aromatic heterocycles. The summed E-state index contributed by atoms with van der Waals surface area (Å²) in [4.78, 5) is 127. The van der Waals surface area contributed by atoms with E-state index in [4.69, 9.17) is 44.8 Å². The quantitative estimate of drug-likeness (QED) is 0.0230. The van der Waals surface area contributed by atoms with Crippen molar-refractivity contribution in [3.05, 3.63) is 167 Å². The first-order chi connectivity index (χ1) is 53.8. The largest absolute Gasteiger partial charge is 0.458 e. The highest BCUT2D eigenvalue weighted by Crippen LogP contribution is 2.68. The molecule has 25 heteroatoms. The second-order valence-corrected chi connectivity index (χ2v) is 32.4. The van der Waals surface area contributed by atoms with Gasteiger partial charge >= 0.3 is 47.6 Å². The number of likely N-dealkylation sites (N-methyl/N-ethyl adjacent to an activating group) is 6. The Morgan fingerprint density at radius 2 is 1.15 bits per heavy atom. The van der Waals surface area contributed by atoms with Crippen molar-refractivity contribution in [2.75, 3.05) is 88.2 Å². The Kier molecular flexibility index (Phi) is 30.6. The van der Waals surface area contributed by atoms with Crippen LogP contribution >= 0.6 is 11.6 Å². The molecule has 2 bridgehead atoms. The van der Waals surface area contributed by atoms with Gasteiger partial charge in [0.2, 0.25) is 6.10 Å². The van der Waals surface area contributed by atoms with E-state index < -0.39 is 111 Å². The molecule has 13 atom stereocenters. The number of nitrogens with zero attached hydrogens (tertiary/aromatic N) is 5. The van der Waals surface area contributed by atoms with Gasteiger partial charge in [-0.15, -0.1) is 0 Å². The lowest BCUT2D eigenvalue weighted by Crippen LogP contribution is -2.78. The van der Waals surface area contributed by atoms with E-state index in [1.54, 1.807) is 129 Å². The van der Waals surface area contributed by atoms with Gasteiger partial charge in [0.25, 0.3) is 0 Å². The van der Waals surface area contributed by atoms with E-state index in [1.165, 1.54) is 68.7 Å². The molecule has 113 heavy (non-hydrogen) atoms. The smallest absolute Gasteiger partial charge is 0.410 e. The number of rotatable bonds is 21. The summed E-state index contributed by atoms with van der Waals surface area (Å²) in [6.45, 7) is 14.3. The fraction of sp³-hybridized carbons (Fsp3) is 0.557. The van der Waals surface area contributed by atoms with Crippen LogP contribution in [-0.2, 0) is 47.5 Å². The molecule has 3 saturated carbocycles. The number of hydrogen-bond acceptors (Lipinski definition) is 19. The van der Waals surface area contributed by atoms with Gasteiger partial charge in [0.1, 0.15) is 48.0 Å². The van der Waals surface area contributed by atoms with Crippen LogP contribution in [0, 0.1) is 28.6 Å². The second-order valence-electron chi connectivity index (χ2n) is 32.1. The molecule has 0 saturated heterocycles. The molecule has 614 valence electrons. The van der Waals surface area contributed by atoms with Crippen molar-refractivity contribution in [2.45, 2.75) is 198 Å². The van der Waals surface area contributed by atoms with E-state index in [-0.39, 0.29) is 61.8 Å². The molecule has 3 unspecified atom stereocenters. The lowest BCUT2D eigenvalue weighted by molar-refractivity contribution is -0.295. The van der Waals surface area contributed by atoms with Crippen LogP contribution in [0.5, 0.6) is 0 Å². The number of amides is 5. The number of aliphatic hydroxyl groups is 2. The van der Waals surface area contributed by atoms with Crippen LogP contribution in [0.2, 0.25) is 0 Å². The lowest BCUT2D eigenvalue weighted by Gasteiger charge is -2.68. The molecule has 7 aliphatic carbocycles. The monoisotopic (exact) mass is 1580 g/mol. The molecule has 0 spiro atoms. The predicted molar refractivity (Wildman–Crippen MR) is 429 cm³/mol. The summed E-state index contributed by atoms with van der Waals surface area (Å²) in [7, 11) is 9.95. The summed E-state index contributed by atoms with van der Waals surface area (Å²) in [5.74, 6) is -6.02. The number of Topliss-reactive ketones (excluding diaryl/α,β-unsaturated/α-hetero) is 1. The summed E-state index contributed by atoms with van der Waals surface area (Å²) in [6.07, 6.45) is 10.7. The first-order valence-corrected chi connectivity index (χ1v) is 40.3. The van der Waals surface area contributed by atoms with Crippen molar-refractivity contribution < 1.29 is 86.5 Å². The van der Waals surface area contributed by atoms with Gasteiger partial charge in [-0.2, -0.15) is 0 Å². The van der Waals surface area contributed by atoms with Crippen LogP contribution in [0.4, 0.5) is 24.0 Å². The van der Waals surface area contributed by atoms with Crippen LogP contribution in [0.25, 0.3) is 11.1 Å². The van der Waals surface area contributed by atoms with Crippen LogP contribution < -0.4 is 5.32 Å². The molecule has 24 nitrogen and oxygen atoms in total. The Morgan fingerprint density at radius 3 is 1.67 bits per heavy atom. The van der Waals surface area contributed by atoms with Crippen LogP contribution in [-0.4, -0.2) is 224 Å². The molecule has 0 heterocycles. The van der Waals surface area contributed by atoms with E-state index in [9.17, 15) is 48.6 Å². The SMILES string of the molecule is CC(=O)O[C@@]12CC[C@@H]1C[C@H](O)[C@@]1(C)C(=O)[C@H](C)C3=C(C)[C@@H](OC(=O)[C@H](OC(=O)N(C)CCN(C)C(=O)OC4/C=C/CCCCC4)[C@@H](C)c4ccccc4)C[C@@](O)([C@@H](OC(=O)c4ccccc4)C12)C3(C)C.CN(CCN(C)C(=O)OC1/C=C/CCCCC1)C(=O)Cl.CNCCN(C)C(=O)OCC1c2ccccc2-c2ccccc21. The van der Waals surface area contributed by atoms with E-state index >= 15 is 4.79 Å². The topological polar surface area (TPSA) is 287 Å². The third kappa shape index (κ3) is 20.3. The maximum absolute atomic E-state index is 15.5. The summed E-state index contributed by atoms with van der Waals surface area (Å²) in [5, 5.41) is 28.5. The van der Waals surface area contributed by atoms with Crippen LogP contribution in [0.15, 0.2) is 145 Å². The van der Waals surface area contributed by atoms with E-state index in [2.05, 4.69) is 47.8 Å². The van der Waals surface area contributed by atoms with Crippen LogP contribution in [0.1, 0.15) is 177 Å². The first-order valence-electron chi connectivity index (χ1n) is 39.9. The highest BCUT2D eigenvalue weighted by atomic mass is 35.5. The number of ketones is 1. The van der Waals surface area contributed by atoms with Crippen molar-refractivity contribution in [2.24, 2.45) is 28.6 Å². The number of carbonyl (C=O) groups is 9. The Balaban J connectivity index is 0.000000273. The molecular weight excluding hydrogens is 1460 g/mol. The Bertz CT molecular complexity index is 4040. The van der Waals surface area contributed by atoms with Gasteiger partial charge < -0.3 is 73.2 Å². The molecule has 11 rings (SSSR count). The van der Waals surface area contributed by atoms with Crippen molar-refractivity contribution in [1.82, 2.24) is 29.8 Å². The number of halogens is 1. The average Bonchev–Trinajstić information content (AvgIpc) is 1.13. The van der Waals surface area contributed by atoms with Crippen molar-refractivity contribution in [3.8, 4) is 11.1 Å². The fourth-order valence-electron chi connectivity index (χ4n) is 17.4. The number of aliphatic hydroxyl groups excluding tert-OH is 1. The molecular formula is C88H117ClN6O18. The number of ether oxygens (including phenoxy) is 7. The summed E-state index contributed by atoms with van der Waals surface area (Å²) in [6, 6.07) is 33.9. The molecule has 3 N–H and O–H groups in total. The van der Waals surface area contributed by atoms with Crippen molar-refractivity contribution in [3.63, 3.8) is 0 Å². The Hall–Kier alpha value is -9.10. The zero-order valence-electron chi connectivity index (χ0n) is 67.9. The van der Waals surface area contributed by atoms with Gasteiger partial charge in [0, 0.05) is 117 Å². The van der Waals surface area contributed by atoms with Gasteiger partial charge in [-0.3, -0.25) is 14.4 Å². The van der Waals surface area contributed by atoms with Gasteiger partial charge in [-0.05, 0) is 166 Å². The molecule has 7 aliphatic rings. The zero-order chi connectivity index (χ0) is 82.1. The maximum Gasteiger partial charge on any atom is 0.410 e. The Labute approximate surface area is 670 Å². The van der Waals surface area contributed by atoms with Gasteiger partial charge in [0.05, 0.1) is 23.0 Å². The molecule has 3 fully saturated rings. The summed E-state index contributed by atoms with van der Waals surface area (Å²) >= 11 is 5.32. The number of esters is 3. The molecule has 4 aromatic rings. The van der Waals surface area contributed by atoms with Crippen molar-refractivity contribution in [1.29, 1.82) is 0 Å². The summed E-state index contributed by atoms with van der Waals surface area (Å²) in [5.41, 5.74) is 0.115. The minimum Gasteiger partial charge on any atom is -0.458 e. The van der Waals surface area contributed by atoms with Gasteiger partial charge in [-0.1, -0.05) is 150 Å². The number of fused-ring (bicyclic) bond motifs is 8. The normalized spacial score (nSPS) is 26.3. The van der Waals surface area contributed by atoms with Crippen molar-refractivity contribution >= 4 is 65.0 Å². The maximum atomic E-state index is 15.5. The molecule has 4 aromatic carbocycles. The standard InChI is InChI=1S/C55H72N2O13.C19H22N2O2.C14H23ClN2O3/c1-33(37-21-15-13-16-22-37)44(68-51(64)57(9)30-29-56(8)50(63)66-40-25-19-11-10-12-20-26-40)49(62)67-41-32-55(65)47(69-48(61)38-23-17-14-18-24-38)45-53(7,46(60)35(3)43(34(41)2)52(55,5)6)42(59)31-39-27-28-54(39,45)70-36(4)58;1-20-11-12-21(2)19(22)23-13-18-16-9-5-3-7-14(16)15-8-4-6-10-17(15)18;1-16(13(15)18)10-11-17(2)14(19)20-12-8-6-4-3-5-7-9-12/h13-19,21-25,33,35,39-42,44-45,47,59,65H,10-12,20,26-32H2,1-9H3;3-10,18,20H,11-13H2,1-2H3;6,8,12H,3-5,7,9-11H2,1-2H3/b25-19+;;8-6+/t33-,35+,39+,40?,41-,42-,44+,45?,47-,53+,54-,55+;;/m0../s1. The lowest BCUT2D eigenvalue weighted by atomic mass is 9.40. The molecule has 0 aliphatic heterocycles. The number of hydrogen-bond donors (Lipinski definition) is 3. The highest BCUT2D eigenvalue weighted by molar-refractivity contribution is 6.62. The zero-order valence-corrected chi connectivity index (χ0v) is 68.7. The van der Waals surface area contributed by atoms with E-state index in [0.717, 1.165) is 57.9 Å². The first kappa shape index (κ1) is 87.9. The number of benzene rings is 4. The van der Waals surface area contributed by atoms with E-state index in [1.807, 2.05) is 43.5 Å². The average molecular weight is 1580 g/mol. The number of allylic oxidation sites excluding steroid dienone is 2. The summed E-state index contributed by atoms with van der Waals surface area (Å²) < 4.78 is 42.1. The highest BCUT2D eigenvalue weighted by Gasteiger charge is 2.77. The van der Waals surface area contributed by atoms with Crippen LogP contribution in [0.3, 0.4) is 0 Å². The minimum absolute atomic E-state index is 0.0435. The molecule has 5 amide bonds. The van der Waals surface area contributed by atoms with Gasteiger partial charge in [0.15, 0.2) is 0 Å². The van der Waals surface area contributed by atoms with E-state index in [0.29, 0.717) is 55.8 Å². The predicted octanol–water partition coefficient (Wildman–Crippen LogP) is 14.4. The Morgan fingerprint density at radius 1 is 0.637 bits per heavy atom. The molecule has 0 radical (unpaired) electrons. The second kappa shape index (κ2) is 39.3. The fourth-order valence-corrected chi connectivity index (χ4v) is 17.5. The third-order valence-corrected chi connectivity index (χ3v) is 24.6. The third-order valence-electron chi connectivity index (χ3n) is 24.4. The minimum atomic E-state index is -2.14. The van der Waals surface area contributed by atoms with Gasteiger partial charge in [-0.25, -0.2) is 28.8 Å².